The number of amides is 1. The Balaban J connectivity index is 1.99. The Morgan fingerprint density at radius 2 is 1.88 bits per heavy atom. The number of rotatable bonds is 4. The van der Waals surface area contributed by atoms with E-state index in [9.17, 15) is 4.79 Å². The largest absolute Gasteiger partial charge is 0.496 e. The maximum absolute atomic E-state index is 12.8. The van der Waals surface area contributed by atoms with Crippen LogP contribution in [0.5, 0.6) is 5.75 Å². The van der Waals surface area contributed by atoms with E-state index in [0.717, 1.165) is 26.1 Å². The SMILES string of the molecule is COc1cc(N)c(Cl)cc1C(=O)N1CCN(CCC(C)(C)C)CC1. The normalized spacial score (nSPS) is 16.3. The number of hydrogen-bond acceptors (Lipinski definition) is 4. The molecule has 134 valence electrons. The summed E-state index contributed by atoms with van der Waals surface area (Å²) in [7, 11) is 1.53. The monoisotopic (exact) mass is 353 g/mol. The van der Waals surface area contributed by atoms with E-state index in [1.165, 1.54) is 7.11 Å². The van der Waals surface area contributed by atoms with Gasteiger partial charge in [-0.1, -0.05) is 32.4 Å². The van der Waals surface area contributed by atoms with Gasteiger partial charge in [0.15, 0.2) is 0 Å². The number of ether oxygens (including phenoxy) is 1. The summed E-state index contributed by atoms with van der Waals surface area (Å²) in [5.41, 5.74) is 7.01. The van der Waals surface area contributed by atoms with Crippen LogP contribution >= 0.6 is 11.6 Å². The van der Waals surface area contributed by atoms with E-state index >= 15 is 0 Å². The summed E-state index contributed by atoms with van der Waals surface area (Å²) in [6.45, 7) is 11.1. The number of halogens is 1. The Bertz CT molecular complexity index is 591. The van der Waals surface area contributed by atoms with Crippen LogP contribution in [0.2, 0.25) is 5.02 Å². The fraction of sp³-hybridized carbons (Fsp3) is 0.611. The molecule has 1 saturated heterocycles. The molecule has 0 aliphatic carbocycles. The minimum atomic E-state index is -0.0516. The standard InChI is InChI=1S/C18H28ClN3O2/c1-18(2,3)5-6-21-7-9-22(10-8-21)17(23)13-11-14(19)15(20)12-16(13)24-4/h11-12H,5-10,20H2,1-4H3. The number of methoxy groups -OCH3 is 1. The van der Waals surface area contributed by atoms with E-state index in [0.29, 0.717) is 40.5 Å². The van der Waals surface area contributed by atoms with Gasteiger partial charge in [-0.25, -0.2) is 0 Å². The number of hydrogen-bond donors (Lipinski definition) is 1. The van der Waals surface area contributed by atoms with Crippen LogP contribution in [0, 0.1) is 5.41 Å². The lowest BCUT2D eigenvalue weighted by Gasteiger charge is -2.36. The lowest BCUT2D eigenvalue weighted by Crippen LogP contribution is -2.49. The fourth-order valence-corrected chi connectivity index (χ4v) is 2.91. The van der Waals surface area contributed by atoms with Crippen molar-refractivity contribution >= 4 is 23.2 Å². The zero-order valence-corrected chi connectivity index (χ0v) is 15.8. The van der Waals surface area contributed by atoms with Crippen molar-refractivity contribution in [2.24, 2.45) is 5.41 Å². The first-order valence-electron chi connectivity index (χ1n) is 8.36. The first kappa shape index (κ1) is 18.9. The fourth-order valence-electron chi connectivity index (χ4n) is 2.74. The number of anilines is 1. The molecule has 0 bridgehead atoms. The molecule has 1 aliphatic rings. The molecular formula is C18H28ClN3O2. The maximum Gasteiger partial charge on any atom is 0.257 e. The Morgan fingerprint density at radius 1 is 1.25 bits per heavy atom. The summed E-state index contributed by atoms with van der Waals surface area (Å²) >= 11 is 6.07. The number of nitrogens with zero attached hydrogens (tertiary/aromatic N) is 2. The van der Waals surface area contributed by atoms with Gasteiger partial charge in [-0.3, -0.25) is 9.69 Å². The highest BCUT2D eigenvalue weighted by Crippen LogP contribution is 2.30. The van der Waals surface area contributed by atoms with Gasteiger partial charge < -0.3 is 15.4 Å². The quantitative estimate of drug-likeness (QED) is 0.845. The minimum Gasteiger partial charge on any atom is -0.496 e. The Hall–Kier alpha value is -1.46. The first-order valence-corrected chi connectivity index (χ1v) is 8.74. The number of nitrogen functional groups attached to an aromatic ring is 1. The Labute approximate surface area is 149 Å². The predicted molar refractivity (Wildman–Crippen MR) is 98.8 cm³/mol. The van der Waals surface area contributed by atoms with E-state index in [1.807, 2.05) is 4.90 Å². The Morgan fingerprint density at radius 3 is 2.42 bits per heavy atom. The van der Waals surface area contributed by atoms with Gasteiger partial charge in [-0.05, 0) is 24.4 Å². The third kappa shape index (κ3) is 4.77. The average molecular weight is 354 g/mol. The van der Waals surface area contributed by atoms with Crippen LogP contribution in [0.1, 0.15) is 37.6 Å². The molecule has 1 aromatic rings. The van der Waals surface area contributed by atoms with E-state index in [4.69, 9.17) is 22.1 Å². The highest BCUT2D eigenvalue weighted by atomic mass is 35.5. The second kappa shape index (κ2) is 7.62. The van der Waals surface area contributed by atoms with Gasteiger partial charge in [0.1, 0.15) is 5.75 Å². The van der Waals surface area contributed by atoms with Gasteiger partial charge in [-0.15, -0.1) is 0 Å². The molecule has 2 N–H and O–H groups in total. The van der Waals surface area contributed by atoms with Gasteiger partial charge in [0, 0.05) is 32.2 Å². The summed E-state index contributed by atoms with van der Waals surface area (Å²) < 4.78 is 5.29. The molecule has 1 heterocycles. The minimum absolute atomic E-state index is 0.0516. The van der Waals surface area contributed by atoms with Crippen molar-refractivity contribution in [2.75, 3.05) is 45.6 Å². The Kier molecular flexibility index (Phi) is 5.99. The molecule has 5 nitrogen and oxygen atoms in total. The van der Waals surface area contributed by atoms with E-state index in [2.05, 4.69) is 25.7 Å². The summed E-state index contributed by atoms with van der Waals surface area (Å²) in [6, 6.07) is 3.21. The summed E-state index contributed by atoms with van der Waals surface area (Å²) in [6.07, 6.45) is 1.16. The highest BCUT2D eigenvalue weighted by Gasteiger charge is 2.25. The second-order valence-electron chi connectivity index (χ2n) is 7.52. The van der Waals surface area contributed by atoms with Gasteiger partial charge in [0.25, 0.3) is 5.91 Å². The zero-order valence-electron chi connectivity index (χ0n) is 15.1. The van der Waals surface area contributed by atoms with Crippen LogP contribution < -0.4 is 10.5 Å². The van der Waals surface area contributed by atoms with Crippen LogP contribution in [-0.4, -0.2) is 55.5 Å². The van der Waals surface area contributed by atoms with Crippen molar-refractivity contribution in [1.29, 1.82) is 0 Å². The molecule has 1 aliphatic heterocycles. The summed E-state index contributed by atoms with van der Waals surface area (Å²) in [5, 5.41) is 0.378. The first-order chi connectivity index (χ1) is 11.2. The molecule has 0 radical (unpaired) electrons. The van der Waals surface area contributed by atoms with E-state index in [1.54, 1.807) is 12.1 Å². The smallest absolute Gasteiger partial charge is 0.257 e. The van der Waals surface area contributed by atoms with Crippen LogP contribution in [0.25, 0.3) is 0 Å². The molecule has 0 atom stereocenters. The van der Waals surface area contributed by atoms with Crippen molar-refractivity contribution < 1.29 is 9.53 Å². The van der Waals surface area contributed by atoms with Crippen LogP contribution in [0.4, 0.5) is 5.69 Å². The van der Waals surface area contributed by atoms with Crippen molar-refractivity contribution in [2.45, 2.75) is 27.2 Å². The van der Waals surface area contributed by atoms with Crippen molar-refractivity contribution in [3.8, 4) is 5.75 Å². The summed E-state index contributed by atoms with van der Waals surface area (Å²) in [4.78, 5) is 17.1. The molecule has 1 aromatic carbocycles. The van der Waals surface area contributed by atoms with Crippen LogP contribution in [0.15, 0.2) is 12.1 Å². The number of carbonyl (C=O) groups is 1. The lowest BCUT2D eigenvalue weighted by atomic mass is 9.92. The third-order valence-corrected chi connectivity index (χ3v) is 4.71. The van der Waals surface area contributed by atoms with Crippen molar-refractivity contribution in [3.05, 3.63) is 22.7 Å². The predicted octanol–water partition coefficient (Wildman–Crippen LogP) is 3.12. The maximum atomic E-state index is 12.8. The molecule has 24 heavy (non-hydrogen) atoms. The van der Waals surface area contributed by atoms with Crippen LogP contribution in [-0.2, 0) is 0 Å². The number of benzene rings is 1. The van der Waals surface area contributed by atoms with E-state index in [-0.39, 0.29) is 5.91 Å². The number of piperazine rings is 1. The van der Waals surface area contributed by atoms with Crippen molar-refractivity contribution in [1.82, 2.24) is 9.80 Å². The molecule has 6 heteroatoms. The molecule has 0 saturated carbocycles. The second-order valence-corrected chi connectivity index (χ2v) is 7.93. The molecule has 0 spiro atoms. The van der Waals surface area contributed by atoms with E-state index < -0.39 is 0 Å². The lowest BCUT2D eigenvalue weighted by molar-refractivity contribution is 0.0620. The average Bonchev–Trinajstić information content (AvgIpc) is 2.54. The van der Waals surface area contributed by atoms with Gasteiger partial charge in [-0.2, -0.15) is 0 Å². The third-order valence-electron chi connectivity index (χ3n) is 4.39. The topological polar surface area (TPSA) is 58.8 Å². The number of carbonyl (C=O) groups excluding carboxylic acids is 1. The van der Waals surface area contributed by atoms with Crippen molar-refractivity contribution in [3.63, 3.8) is 0 Å². The molecule has 1 amide bonds. The molecule has 0 aromatic heterocycles. The highest BCUT2D eigenvalue weighted by molar-refractivity contribution is 6.33. The molecule has 1 fully saturated rings. The number of nitrogens with two attached hydrogens (primary N) is 1. The molecule has 0 unspecified atom stereocenters. The summed E-state index contributed by atoms with van der Waals surface area (Å²) in [5.74, 6) is 0.418. The molecular weight excluding hydrogens is 326 g/mol. The molecule has 2 rings (SSSR count). The zero-order chi connectivity index (χ0) is 17.9. The van der Waals surface area contributed by atoms with Crippen LogP contribution in [0.3, 0.4) is 0 Å². The van der Waals surface area contributed by atoms with Gasteiger partial charge in [0.05, 0.1) is 23.4 Å². The van der Waals surface area contributed by atoms with Gasteiger partial charge >= 0.3 is 0 Å². The van der Waals surface area contributed by atoms with Gasteiger partial charge in [0.2, 0.25) is 0 Å².